The lowest BCUT2D eigenvalue weighted by Gasteiger charge is -2.19. The Bertz CT molecular complexity index is 3430. The molecule has 0 atom stereocenters. The van der Waals surface area contributed by atoms with Crippen LogP contribution in [0.5, 0.6) is 0 Å². The highest BCUT2D eigenvalue weighted by Crippen LogP contribution is 2.45. The SMILES string of the molecule is c1ccc(-c2ccc3c(-c4ccc(-n5c6ccccc6c6ccccc65)cc4)c4ccccc4c(-c4ccc(-n5c6ccccc6c6ccccc65)cc4)c3c2)cc1. The van der Waals surface area contributed by atoms with Gasteiger partial charge in [-0.1, -0.05) is 164 Å². The van der Waals surface area contributed by atoms with Gasteiger partial charge in [0.2, 0.25) is 0 Å². The molecule has 0 saturated carbocycles. The molecular formula is C56H36N2. The van der Waals surface area contributed by atoms with E-state index in [2.05, 4.69) is 228 Å². The van der Waals surface area contributed by atoms with Crippen LogP contribution >= 0.6 is 0 Å². The molecular weight excluding hydrogens is 701 g/mol. The van der Waals surface area contributed by atoms with Gasteiger partial charge in [-0.3, -0.25) is 0 Å². The van der Waals surface area contributed by atoms with E-state index in [1.54, 1.807) is 0 Å². The molecule has 0 spiro atoms. The second-order valence-corrected chi connectivity index (χ2v) is 15.3. The van der Waals surface area contributed by atoms with Crippen molar-refractivity contribution in [2.45, 2.75) is 0 Å². The van der Waals surface area contributed by atoms with Crippen molar-refractivity contribution in [3.8, 4) is 44.8 Å². The van der Waals surface area contributed by atoms with Gasteiger partial charge in [0.15, 0.2) is 0 Å². The Morgan fingerprint density at radius 3 is 0.966 bits per heavy atom. The van der Waals surface area contributed by atoms with Crippen LogP contribution in [-0.4, -0.2) is 9.13 Å². The zero-order valence-corrected chi connectivity index (χ0v) is 31.7. The maximum atomic E-state index is 2.41. The summed E-state index contributed by atoms with van der Waals surface area (Å²) in [5.41, 5.74) is 14.5. The highest BCUT2D eigenvalue weighted by molar-refractivity contribution is 6.22. The molecule has 0 amide bonds. The van der Waals surface area contributed by atoms with E-state index in [0.717, 1.165) is 11.4 Å². The van der Waals surface area contributed by atoms with Gasteiger partial charge in [0, 0.05) is 32.9 Å². The number of rotatable bonds is 5. The molecule has 2 heteroatoms. The summed E-state index contributed by atoms with van der Waals surface area (Å²) in [6.45, 7) is 0. The Morgan fingerprint density at radius 1 is 0.207 bits per heavy atom. The molecule has 2 nitrogen and oxygen atoms in total. The summed E-state index contributed by atoms with van der Waals surface area (Å²) in [4.78, 5) is 0. The summed E-state index contributed by atoms with van der Waals surface area (Å²) in [7, 11) is 0. The Labute approximate surface area is 336 Å². The number of fused-ring (bicyclic) bond motifs is 8. The minimum Gasteiger partial charge on any atom is -0.309 e. The topological polar surface area (TPSA) is 9.86 Å². The molecule has 0 unspecified atom stereocenters. The molecule has 0 fully saturated rings. The van der Waals surface area contributed by atoms with Gasteiger partial charge in [-0.05, 0) is 110 Å². The maximum Gasteiger partial charge on any atom is 0.0541 e. The van der Waals surface area contributed by atoms with Crippen molar-refractivity contribution >= 4 is 65.2 Å². The number of hydrogen-bond acceptors (Lipinski definition) is 0. The van der Waals surface area contributed by atoms with Gasteiger partial charge in [0.05, 0.1) is 22.1 Å². The standard InChI is InChI=1S/C56H36N2/c1-2-14-37(15-3-1)40-30-35-49-50(36-40)56(39-28-33-42(34-29-39)58-53-24-12-8-18-45(53)46-19-9-13-25-54(46)58)48-21-5-4-20-47(48)55(49)38-26-31-41(32-27-38)57-51-22-10-6-16-43(51)44-17-7-11-23-52(44)57/h1-36H. The lowest BCUT2D eigenvalue weighted by Crippen LogP contribution is -1.95. The molecule has 0 aliphatic carbocycles. The summed E-state index contributed by atoms with van der Waals surface area (Å²) < 4.78 is 4.78. The van der Waals surface area contributed by atoms with Gasteiger partial charge in [-0.2, -0.15) is 0 Å². The lowest BCUT2D eigenvalue weighted by molar-refractivity contribution is 1.18. The van der Waals surface area contributed by atoms with Crippen molar-refractivity contribution in [2.24, 2.45) is 0 Å². The van der Waals surface area contributed by atoms with Crippen molar-refractivity contribution in [3.63, 3.8) is 0 Å². The van der Waals surface area contributed by atoms with Crippen molar-refractivity contribution in [2.75, 3.05) is 0 Å². The van der Waals surface area contributed by atoms with Gasteiger partial charge >= 0.3 is 0 Å². The molecule has 0 aliphatic rings. The Balaban J connectivity index is 1.07. The molecule has 12 aromatic rings. The largest absolute Gasteiger partial charge is 0.309 e. The first-order valence-corrected chi connectivity index (χ1v) is 20.0. The fourth-order valence-corrected chi connectivity index (χ4v) is 9.57. The minimum atomic E-state index is 1.15. The minimum absolute atomic E-state index is 1.15. The van der Waals surface area contributed by atoms with Crippen LogP contribution in [0.15, 0.2) is 218 Å². The molecule has 58 heavy (non-hydrogen) atoms. The van der Waals surface area contributed by atoms with E-state index in [0.29, 0.717) is 0 Å². The van der Waals surface area contributed by atoms with Gasteiger partial charge < -0.3 is 9.13 Å². The molecule has 0 aliphatic heterocycles. The third-order valence-electron chi connectivity index (χ3n) is 12.1. The Hall–Kier alpha value is -7.68. The van der Waals surface area contributed by atoms with Crippen LogP contribution in [0.3, 0.4) is 0 Å². The molecule has 0 N–H and O–H groups in total. The second kappa shape index (κ2) is 12.9. The fraction of sp³-hybridized carbons (Fsp3) is 0. The summed E-state index contributed by atoms with van der Waals surface area (Å²) in [5, 5.41) is 10.0. The Kier molecular flexibility index (Phi) is 7.26. The number of benzene rings is 10. The molecule has 12 rings (SSSR count). The van der Waals surface area contributed by atoms with Crippen molar-refractivity contribution in [1.29, 1.82) is 0 Å². The number of para-hydroxylation sites is 4. The second-order valence-electron chi connectivity index (χ2n) is 15.3. The predicted octanol–water partition coefficient (Wildman–Crippen LogP) is 15.2. The zero-order valence-electron chi connectivity index (χ0n) is 31.7. The normalized spacial score (nSPS) is 11.8. The average molecular weight is 737 g/mol. The van der Waals surface area contributed by atoms with Crippen molar-refractivity contribution < 1.29 is 0 Å². The van der Waals surface area contributed by atoms with E-state index in [-0.39, 0.29) is 0 Å². The zero-order chi connectivity index (χ0) is 38.2. The van der Waals surface area contributed by atoms with Gasteiger partial charge in [0.25, 0.3) is 0 Å². The molecule has 270 valence electrons. The molecule has 0 bridgehead atoms. The molecule has 2 aromatic heterocycles. The van der Waals surface area contributed by atoms with Crippen LogP contribution in [0.25, 0.3) is 110 Å². The maximum absolute atomic E-state index is 2.41. The van der Waals surface area contributed by atoms with E-state index >= 15 is 0 Å². The van der Waals surface area contributed by atoms with E-state index in [4.69, 9.17) is 0 Å². The van der Waals surface area contributed by atoms with Crippen molar-refractivity contribution in [3.05, 3.63) is 218 Å². The lowest BCUT2D eigenvalue weighted by atomic mass is 9.85. The van der Waals surface area contributed by atoms with E-state index in [9.17, 15) is 0 Å². The highest BCUT2D eigenvalue weighted by atomic mass is 15.0. The highest BCUT2D eigenvalue weighted by Gasteiger charge is 2.19. The predicted molar refractivity (Wildman–Crippen MR) is 246 cm³/mol. The van der Waals surface area contributed by atoms with Crippen LogP contribution < -0.4 is 0 Å². The summed E-state index contributed by atoms with van der Waals surface area (Å²) in [5.74, 6) is 0. The van der Waals surface area contributed by atoms with E-state index in [1.165, 1.54) is 98.5 Å². The third-order valence-corrected chi connectivity index (χ3v) is 12.1. The number of hydrogen-bond donors (Lipinski definition) is 0. The smallest absolute Gasteiger partial charge is 0.0541 e. The first-order valence-electron chi connectivity index (χ1n) is 20.0. The van der Waals surface area contributed by atoms with Crippen molar-refractivity contribution in [1.82, 2.24) is 9.13 Å². The van der Waals surface area contributed by atoms with Crippen LogP contribution in [-0.2, 0) is 0 Å². The van der Waals surface area contributed by atoms with Crippen LogP contribution in [0, 0.1) is 0 Å². The Morgan fingerprint density at radius 2 is 0.534 bits per heavy atom. The molecule has 0 saturated heterocycles. The van der Waals surface area contributed by atoms with Gasteiger partial charge in [0.1, 0.15) is 0 Å². The number of aromatic nitrogens is 2. The van der Waals surface area contributed by atoms with Gasteiger partial charge in [-0.25, -0.2) is 0 Å². The van der Waals surface area contributed by atoms with Crippen LogP contribution in [0.1, 0.15) is 0 Å². The summed E-state index contributed by atoms with van der Waals surface area (Å²) in [6.07, 6.45) is 0. The first-order chi connectivity index (χ1) is 28.8. The number of nitrogens with zero attached hydrogens (tertiary/aromatic N) is 2. The molecule has 0 radical (unpaired) electrons. The third kappa shape index (κ3) is 4.92. The molecule has 10 aromatic carbocycles. The first kappa shape index (κ1) is 32.6. The summed E-state index contributed by atoms with van der Waals surface area (Å²) >= 11 is 0. The van der Waals surface area contributed by atoms with Crippen LogP contribution in [0.2, 0.25) is 0 Å². The van der Waals surface area contributed by atoms with Gasteiger partial charge in [-0.15, -0.1) is 0 Å². The fourth-order valence-electron chi connectivity index (χ4n) is 9.57. The summed E-state index contributed by atoms with van der Waals surface area (Å²) in [6, 6.07) is 80.0. The van der Waals surface area contributed by atoms with E-state index in [1.807, 2.05) is 0 Å². The molecule has 2 heterocycles. The monoisotopic (exact) mass is 736 g/mol. The van der Waals surface area contributed by atoms with E-state index < -0.39 is 0 Å². The average Bonchev–Trinajstić information content (AvgIpc) is 3.82. The quantitative estimate of drug-likeness (QED) is 0.156. The van der Waals surface area contributed by atoms with Crippen LogP contribution in [0.4, 0.5) is 0 Å².